The summed E-state index contributed by atoms with van der Waals surface area (Å²) in [6.45, 7) is 3.66. The molecule has 0 radical (unpaired) electrons. The van der Waals surface area contributed by atoms with Gasteiger partial charge in [0.15, 0.2) is 0 Å². The van der Waals surface area contributed by atoms with Gasteiger partial charge in [0, 0.05) is 13.5 Å². The number of hydrogen-bond acceptors (Lipinski definition) is 4. The normalized spacial score (nSPS) is 20.0. The molecule has 1 aromatic rings. The van der Waals surface area contributed by atoms with Gasteiger partial charge in [-0.1, -0.05) is 12.1 Å². The molecule has 23 heavy (non-hydrogen) atoms. The molecular weight excluding hydrogens is 296 g/mol. The fourth-order valence-corrected chi connectivity index (χ4v) is 3.07. The van der Waals surface area contributed by atoms with Crippen LogP contribution in [-0.4, -0.2) is 48.1 Å². The van der Waals surface area contributed by atoms with E-state index in [2.05, 4.69) is 5.32 Å². The number of hydrogen-bond donors (Lipinski definition) is 2. The van der Waals surface area contributed by atoms with Gasteiger partial charge < -0.3 is 20.1 Å². The number of carbonyl (C=O) groups is 2. The molecule has 1 aliphatic heterocycles. The first-order chi connectivity index (χ1) is 10.9. The van der Waals surface area contributed by atoms with E-state index in [1.165, 1.54) is 6.92 Å². The maximum atomic E-state index is 12.3. The van der Waals surface area contributed by atoms with Gasteiger partial charge >= 0.3 is 0 Å². The highest BCUT2D eigenvalue weighted by molar-refractivity contribution is 5.84. The van der Waals surface area contributed by atoms with Gasteiger partial charge in [0.1, 0.15) is 11.4 Å². The number of nitrogens with one attached hydrogen (secondary N) is 1. The molecule has 0 bridgehead atoms. The minimum Gasteiger partial charge on any atom is -0.497 e. The van der Waals surface area contributed by atoms with Crippen LogP contribution in [0, 0.1) is 0 Å². The van der Waals surface area contributed by atoms with Crippen molar-refractivity contribution >= 4 is 11.8 Å². The van der Waals surface area contributed by atoms with E-state index in [9.17, 15) is 14.7 Å². The zero-order valence-electron chi connectivity index (χ0n) is 13.8. The van der Waals surface area contributed by atoms with Crippen molar-refractivity contribution in [2.75, 3.05) is 20.2 Å². The Hall–Kier alpha value is -2.08. The number of amides is 2. The summed E-state index contributed by atoms with van der Waals surface area (Å²) in [5.41, 5.74) is -0.420. The van der Waals surface area contributed by atoms with Crippen LogP contribution >= 0.6 is 0 Å². The van der Waals surface area contributed by atoms with Gasteiger partial charge in [0.25, 0.3) is 0 Å². The lowest BCUT2D eigenvalue weighted by molar-refractivity contribution is -0.138. The Bertz CT molecular complexity index is 568. The van der Waals surface area contributed by atoms with Gasteiger partial charge in [-0.3, -0.25) is 9.59 Å². The number of nitrogens with zero attached hydrogens (tertiary/aromatic N) is 1. The first-order valence-electron chi connectivity index (χ1n) is 7.77. The lowest BCUT2D eigenvalue weighted by atomic mass is 9.86. The third-order valence-corrected chi connectivity index (χ3v) is 4.39. The van der Waals surface area contributed by atoms with Crippen LogP contribution in [0.3, 0.4) is 0 Å². The van der Waals surface area contributed by atoms with Gasteiger partial charge in [-0.25, -0.2) is 0 Å². The van der Waals surface area contributed by atoms with Crippen molar-refractivity contribution in [3.05, 3.63) is 29.8 Å². The third-order valence-electron chi connectivity index (χ3n) is 4.39. The maximum absolute atomic E-state index is 12.3. The zero-order chi connectivity index (χ0) is 17.0. The van der Waals surface area contributed by atoms with E-state index in [1.54, 1.807) is 31.1 Å². The van der Waals surface area contributed by atoms with Crippen LogP contribution in [0.4, 0.5) is 0 Å². The van der Waals surface area contributed by atoms with Gasteiger partial charge in [-0.05, 0) is 37.5 Å². The SMILES string of the molecule is COc1ccc([C@@](C)(O)[C@H]2CCCN2C(=O)CNC(C)=O)cc1. The molecule has 2 rings (SSSR count). The molecule has 1 fully saturated rings. The largest absolute Gasteiger partial charge is 0.497 e. The molecule has 1 aromatic carbocycles. The molecule has 2 atom stereocenters. The highest BCUT2D eigenvalue weighted by Crippen LogP contribution is 2.35. The molecule has 0 unspecified atom stereocenters. The smallest absolute Gasteiger partial charge is 0.242 e. The second-order valence-electron chi connectivity index (χ2n) is 6.03. The summed E-state index contributed by atoms with van der Waals surface area (Å²) in [6, 6.07) is 6.91. The van der Waals surface area contributed by atoms with Crippen LogP contribution in [0.1, 0.15) is 32.3 Å². The number of likely N-dealkylation sites (tertiary alicyclic amines) is 1. The molecule has 0 saturated carbocycles. The van der Waals surface area contributed by atoms with Crippen LogP contribution in [0.25, 0.3) is 0 Å². The van der Waals surface area contributed by atoms with Crippen LogP contribution in [0.2, 0.25) is 0 Å². The van der Waals surface area contributed by atoms with Crippen molar-refractivity contribution in [2.24, 2.45) is 0 Å². The van der Waals surface area contributed by atoms with E-state index in [0.717, 1.165) is 24.2 Å². The predicted molar refractivity (Wildman–Crippen MR) is 86.0 cm³/mol. The molecule has 2 amide bonds. The number of benzene rings is 1. The predicted octanol–water partition coefficient (Wildman–Crippen LogP) is 1.03. The van der Waals surface area contributed by atoms with Crippen molar-refractivity contribution in [3.8, 4) is 5.75 Å². The number of carbonyl (C=O) groups excluding carboxylic acids is 2. The summed E-state index contributed by atoms with van der Waals surface area (Å²) in [4.78, 5) is 25.0. The Balaban J connectivity index is 2.15. The molecule has 1 heterocycles. The van der Waals surface area contributed by atoms with E-state index in [1.807, 2.05) is 12.1 Å². The van der Waals surface area contributed by atoms with Crippen molar-refractivity contribution in [1.29, 1.82) is 0 Å². The molecule has 6 heteroatoms. The minimum atomic E-state index is -1.16. The summed E-state index contributed by atoms with van der Waals surface area (Å²) in [7, 11) is 1.59. The Morgan fingerprint density at radius 3 is 2.61 bits per heavy atom. The molecule has 1 saturated heterocycles. The molecule has 2 N–H and O–H groups in total. The van der Waals surface area contributed by atoms with E-state index in [0.29, 0.717) is 6.54 Å². The molecule has 1 aliphatic rings. The Kier molecular flexibility index (Phi) is 5.26. The summed E-state index contributed by atoms with van der Waals surface area (Å²) in [5, 5.41) is 13.5. The summed E-state index contributed by atoms with van der Waals surface area (Å²) in [5.74, 6) is 0.307. The highest BCUT2D eigenvalue weighted by atomic mass is 16.5. The molecule has 126 valence electrons. The van der Waals surface area contributed by atoms with Crippen LogP contribution in [0.15, 0.2) is 24.3 Å². The van der Waals surface area contributed by atoms with E-state index < -0.39 is 5.60 Å². The first kappa shape index (κ1) is 17.3. The Labute approximate surface area is 136 Å². The standard InChI is InChI=1S/C17H24N2O4/c1-12(20)18-11-16(21)19-10-4-5-15(19)17(2,22)13-6-8-14(23-3)9-7-13/h6-9,15,22H,4-5,10-11H2,1-3H3,(H,18,20)/t15-,17-/m1/s1. The van der Waals surface area contributed by atoms with Crippen molar-refractivity contribution in [1.82, 2.24) is 10.2 Å². The molecular formula is C17H24N2O4. The second-order valence-corrected chi connectivity index (χ2v) is 6.03. The van der Waals surface area contributed by atoms with Gasteiger partial charge in [-0.15, -0.1) is 0 Å². The van der Waals surface area contributed by atoms with Crippen molar-refractivity contribution < 1.29 is 19.4 Å². The monoisotopic (exact) mass is 320 g/mol. The summed E-state index contributed by atoms with van der Waals surface area (Å²) in [6.07, 6.45) is 1.56. The zero-order valence-corrected chi connectivity index (χ0v) is 13.8. The van der Waals surface area contributed by atoms with Crippen molar-refractivity contribution in [2.45, 2.75) is 38.3 Å². The lowest BCUT2D eigenvalue weighted by Crippen LogP contribution is -2.50. The summed E-state index contributed by atoms with van der Waals surface area (Å²) >= 11 is 0. The quantitative estimate of drug-likeness (QED) is 0.849. The Morgan fingerprint density at radius 2 is 2.04 bits per heavy atom. The van der Waals surface area contributed by atoms with Crippen molar-refractivity contribution in [3.63, 3.8) is 0 Å². The first-order valence-corrected chi connectivity index (χ1v) is 7.77. The van der Waals surface area contributed by atoms with E-state index in [-0.39, 0.29) is 24.4 Å². The Morgan fingerprint density at radius 1 is 1.39 bits per heavy atom. The number of rotatable bonds is 5. The second kappa shape index (κ2) is 7.00. The third kappa shape index (κ3) is 3.82. The van der Waals surface area contributed by atoms with Gasteiger partial charge in [-0.2, -0.15) is 0 Å². The molecule has 0 spiro atoms. The number of methoxy groups -OCH3 is 1. The minimum absolute atomic E-state index is 0.0372. The van der Waals surface area contributed by atoms with Crippen LogP contribution < -0.4 is 10.1 Å². The highest BCUT2D eigenvalue weighted by Gasteiger charge is 2.42. The summed E-state index contributed by atoms with van der Waals surface area (Å²) < 4.78 is 5.13. The lowest BCUT2D eigenvalue weighted by Gasteiger charge is -2.37. The number of ether oxygens (including phenoxy) is 1. The van der Waals surface area contributed by atoms with Crippen LogP contribution in [-0.2, 0) is 15.2 Å². The average Bonchev–Trinajstić information content (AvgIpc) is 3.03. The van der Waals surface area contributed by atoms with Crippen LogP contribution in [0.5, 0.6) is 5.75 Å². The fourth-order valence-electron chi connectivity index (χ4n) is 3.07. The fraction of sp³-hybridized carbons (Fsp3) is 0.529. The topological polar surface area (TPSA) is 78.9 Å². The van der Waals surface area contributed by atoms with Gasteiger partial charge in [0.05, 0.1) is 19.7 Å². The molecule has 0 aromatic heterocycles. The van der Waals surface area contributed by atoms with E-state index in [4.69, 9.17) is 4.74 Å². The molecule has 6 nitrogen and oxygen atoms in total. The number of aliphatic hydroxyl groups is 1. The van der Waals surface area contributed by atoms with Gasteiger partial charge in [0.2, 0.25) is 11.8 Å². The van der Waals surface area contributed by atoms with E-state index >= 15 is 0 Å². The maximum Gasteiger partial charge on any atom is 0.242 e. The average molecular weight is 320 g/mol. The molecule has 0 aliphatic carbocycles.